The SMILES string of the molecule is CS(=O)(=O)SCCCCC(=O)NO. The minimum absolute atomic E-state index is 0.223. The summed E-state index contributed by atoms with van der Waals surface area (Å²) in [5.74, 6) is 0.0433. The lowest BCUT2D eigenvalue weighted by Gasteiger charge is -1.98. The first kappa shape index (κ1) is 12.7. The molecule has 0 saturated heterocycles. The van der Waals surface area contributed by atoms with Gasteiger partial charge in [-0.2, -0.15) is 0 Å². The number of rotatable bonds is 6. The second-order valence-corrected chi connectivity index (χ2v) is 7.09. The Morgan fingerprint density at radius 1 is 1.46 bits per heavy atom. The Hall–Kier alpha value is -0.270. The maximum atomic E-state index is 10.6. The van der Waals surface area contributed by atoms with Crippen molar-refractivity contribution < 1.29 is 18.4 Å². The van der Waals surface area contributed by atoms with Crippen molar-refractivity contribution in [3.8, 4) is 0 Å². The molecule has 0 unspecified atom stereocenters. The van der Waals surface area contributed by atoms with Crippen molar-refractivity contribution in [1.82, 2.24) is 5.48 Å². The second kappa shape index (κ2) is 6.22. The zero-order chi connectivity index (χ0) is 10.3. The van der Waals surface area contributed by atoms with Crippen LogP contribution in [0.15, 0.2) is 0 Å². The Morgan fingerprint density at radius 3 is 2.54 bits per heavy atom. The number of carbonyl (C=O) groups excluding carboxylic acids is 1. The van der Waals surface area contributed by atoms with Crippen LogP contribution in [-0.4, -0.2) is 31.5 Å². The highest BCUT2D eigenvalue weighted by Crippen LogP contribution is 2.12. The highest BCUT2D eigenvalue weighted by atomic mass is 33.1. The summed E-state index contributed by atoms with van der Waals surface area (Å²) < 4.78 is 21.3. The lowest BCUT2D eigenvalue weighted by molar-refractivity contribution is -0.129. The van der Waals surface area contributed by atoms with Crippen LogP contribution in [0.4, 0.5) is 0 Å². The Labute approximate surface area is 81.2 Å². The Balaban J connectivity index is 3.33. The molecule has 0 spiro atoms. The van der Waals surface area contributed by atoms with Crippen LogP contribution in [0.2, 0.25) is 0 Å². The average Bonchev–Trinajstić information content (AvgIpc) is 2.01. The molecule has 0 fully saturated rings. The molecular formula is C6H13NO4S2. The molecule has 0 aromatic heterocycles. The number of hydrogen-bond donors (Lipinski definition) is 2. The molecule has 1 amide bonds. The molecule has 78 valence electrons. The van der Waals surface area contributed by atoms with Crippen molar-refractivity contribution in [3.05, 3.63) is 0 Å². The molecule has 0 aromatic rings. The van der Waals surface area contributed by atoms with Gasteiger partial charge in [0.25, 0.3) is 0 Å². The molecule has 0 rings (SSSR count). The fourth-order valence-electron chi connectivity index (χ4n) is 0.654. The Kier molecular flexibility index (Phi) is 6.10. The largest absolute Gasteiger partial charge is 0.289 e. The van der Waals surface area contributed by atoms with Gasteiger partial charge in [-0.3, -0.25) is 10.0 Å². The van der Waals surface area contributed by atoms with Crippen LogP contribution in [0.5, 0.6) is 0 Å². The van der Waals surface area contributed by atoms with E-state index in [1.54, 1.807) is 0 Å². The van der Waals surface area contributed by atoms with Crippen LogP contribution in [-0.2, 0) is 13.7 Å². The molecule has 0 heterocycles. The van der Waals surface area contributed by atoms with Crippen molar-refractivity contribution in [2.45, 2.75) is 19.3 Å². The minimum atomic E-state index is -2.96. The monoisotopic (exact) mass is 227 g/mol. The summed E-state index contributed by atoms with van der Waals surface area (Å²) in [7, 11) is -2.09. The van der Waals surface area contributed by atoms with E-state index in [2.05, 4.69) is 0 Å². The van der Waals surface area contributed by atoms with Gasteiger partial charge >= 0.3 is 0 Å². The topological polar surface area (TPSA) is 83.5 Å². The maximum Gasteiger partial charge on any atom is 0.243 e. The Morgan fingerprint density at radius 2 is 2.08 bits per heavy atom. The van der Waals surface area contributed by atoms with E-state index in [-0.39, 0.29) is 6.42 Å². The van der Waals surface area contributed by atoms with Gasteiger partial charge in [0, 0.05) is 18.4 Å². The van der Waals surface area contributed by atoms with E-state index in [9.17, 15) is 13.2 Å². The standard InChI is InChI=1S/C6H13NO4S2/c1-13(10,11)12-5-3-2-4-6(8)7-9/h9H,2-5H2,1H3,(H,7,8). The molecule has 0 aliphatic carbocycles. The van der Waals surface area contributed by atoms with Crippen LogP contribution >= 0.6 is 10.8 Å². The number of amides is 1. The van der Waals surface area contributed by atoms with Gasteiger partial charge in [-0.1, -0.05) is 0 Å². The molecule has 2 N–H and O–H groups in total. The number of carbonyl (C=O) groups is 1. The van der Waals surface area contributed by atoms with Crippen molar-refractivity contribution >= 4 is 25.6 Å². The zero-order valence-corrected chi connectivity index (χ0v) is 8.95. The predicted octanol–water partition coefficient (Wildman–Crippen LogP) is 0.355. The highest BCUT2D eigenvalue weighted by Gasteiger charge is 2.03. The van der Waals surface area contributed by atoms with Crippen LogP contribution in [0, 0.1) is 0 Å². The molecule has 0 radical (unpaired) electrons. The molecule has 5 nitrogen and oxygen atoms in total. The van der Waals surface area contributed by atoms with Gasteiger partial charge in [-0.05, 0) is 23.6 Å². The van der Waals surface area contributed by atoms with E-state index in [4.69, 9.17) is 5.21 Å². The fourth-order valence-corrected chi connectivity index (χ4v) is 2.54. The molecule has 0 saturated carbocycles. The fraction of sp³-hybridized carbons (Fsp3) is 0.833. The van der Waals surface area contributed by atoms with Gasteiger partial charge in [0.05, 0.1) is 0 Å². The highest BCUT2D eigenvalue weighted by molar-refractivity contribution is 8.71. The first-order valence-corrected chi connectivity index (χ1v) is 7.12. The van der Waals surface area contributed by atoms with Crippen LogP contribution in [0.3, 0.4) is 0 Å². The molecule has 0 aliphatic heterocycles. The lowest BCUT2D eigenvalue weighted by Crippen LogP contribution is -2.17. The van der Waals surface area contributed by atoms with Crippen molar-refractivity contribution in [2.75, 3.05) is 12.0 Å². The number of hydrogen-bond acceptors (Lipinski definition) is 5. The van der Waals surface area contributed by atoms with Gasteiger partial charge in [0.2, 0.25) is 5.91 Å². The zero-order valence-electron chi connectivity index (χ0n) is 7.32. The molecule has 0 aromatic carbocycles. The predicted molar refractivity (Wildman–Crippen MR) is 51.1 cm³/mol. The molecule has 0 bridgehead atoms. The second-order valence-electron chi connectivity index (χ2n) is 2.52. The number of hydroxylamine groups is 1. The third-order valence-electron chi connectivity index (χ3n) is 1.22. The Bertz CT molecular complexity index is 249. The van der Waals surface area contributed by atoms with Crippen LogP contribution in [0.25, 0.3) is 0 Å². The summed E-state index contributed by atoms with van der Waals surface area (Å²) >= 11 is 0. The molecule has 0 aliphatic rings. The summed E-state index contributed by atoms with van der Waals surface area (Å²) in [5, 5.41) is 8.12. The van der Waals surface area contributed by atoms with Crippen molar-refractivity contribution in [3.63, 3.8) is 0 Å². The van der Waals surface area contributed by atoms with E-state index in [0.29, 0.717) is 18.6 Å². The van der Waals surface area contributed by atoms with Gasteiger partial charge in [-0.25, -0.2) is 13.9 Å². The van der Waals surface area contributed by atoms with Gasteiger partial charge in [0.1, 0.15) is 0 Å². The average molecular weight is 227 g/mol. The van der Waals surface area contributed by atoms with E-state index in [1.807, 2.05) is 0 Å². The third-order valence-corrected chi connectivity index (χ3v) is 3.89. The summed E-state index contributed by atoms with van der Waals surface area (Å²) in [5.41, 5.74) is 1.51. The molecule has 7 heteroatoms. The maximum absolute atomic E-state index is 10.6. The van der Waals surface area contributed by atoms with E-state index < -0.39 is 14.8 Å². The quantitative estimate of drug-likeness (QED) is 0.296. The van der Waals surface area contributed by atoms with Crippen LogP contribution < -0.4 is 5.48 Å². The smallest absolute Gasteiger partial charge is 0.243 e. The summed E-state index contributed by atoms with van der Waals surface area (Å²) in [6.45, 7) is 0. The van der Waals surface area contributed by atoms with Crippen molar-refractivity contribution in [1.29, 1.82) is 0 Å². The number of unbranched alkanes of at least 4 members (excludes halogenated alkanes) is 1. The summed E-state index contributed by atoms with van der Waals surface area (Å²) in [4.78, 5) is 10.5. The van der Waals surface area contributed by atoms with Gasteiger partial charge in [0.15, 0.2) is 8.87 Å². The summed E-state index contributed by atoms with van der Waals surface area (Å²) in [6, 6.07) is 0. The lowest BCUT2D eigenvalue weighted by atomic mass is 10.2. The molecular weight excluding hydrogens is 214 g/mol. The normalized spacial score (nSPS) is 11.2. The van der Waals surface area contributed by atoms with E-state index in [0.717, 1.165) is 17.0 Å². The summed E-state index contributed by atoms with van der Waals surface area (Å²) in [6.07, 6.45) is 2.60. The van der Waals surface area contributed by atoms with Crippen LogP contribution in [0.1, 0.15) is 19.3 Å². The first-order chi connectivity index (χ1) is 5.95. The minimum Gasteiger partial charge on any atom is -0.289 e. The van der Waals surface area contributed by atoms with E-state index in [1.165, 1.54) is 5.48 Å². The van der Waals surface area contributed by atoms with E-state index >= 15 is 0 Å². The molecule has 13 heavy (non-hydrogen) atoms. The van der Waals surface area contributed by atoms with Gasteiger partial charge in [-0.15, -0.1) is 0 Å². The first-order valence-electron chi connectivity index (χ1n) is 3.73. The number of nitrogens with one attached hydrogen (secondary N) is 1. The third kappa shape index (κ3) is 9.65. The molecule has 0 atom stereocenters. The van der Waals surface area contributed by atoms with Gasteiger partial charge < -0.3 is 0 Å². The van der Waals surface area contributed by atoms with Crippen molar-refractivity contribution in [2.24, 2.45) is 0 Å².